The Kier molecular flexibility index (Phi) is 3.57. The molecule has 1 aliphatic carbocycles. The van der Waals surface area contributed by atoms with Crippen molar-refractivity contribution in [2.45, 2.75) is 39.2 Å². The van der Waals surface area contributed by atoms with Crippen molar-refractivity contribution < 1.29 is 0 Å². The molecule has 5 heteroatoms. The second kappa shape index (κ2) is 5.39. The first-order chi connectivity index (χ1) is 10.1. The van der Waals surface area contributed by atoms with Gasteiger partial charge >= 0.3 is 0 Å². The van der Waals surface area contributed by atoms with Gasteiger partial charge in [0.25, 0.3) is 5.56 Å². The van der Waals surface area contributed by atoms with Crippen LogP contribution in [0.25, 0.3) is 0 Å². The van der Waals surface area contributed by atoms with E-state index in [0.29, 0.717) is 12.2 Å². The summed E-state index contributed by atoms with van der Waals surface area (Å²) in [4.78, 5) is 12.1. The average molecular weight is 286 g/mol. The number of nitrogens with one attached hydrogen (secondary N) is 1. The summed E-state index contributed by atoms with van der Waals surface area (Å²) >= 11 is 0. The van der Waals surface area contributed by atoms with Gasteiger partial charge in [-0.05, 0) is 49.8 Å². The molecular weight excluding hydrogens is 264 g/mol. The van der Waals surface area contributed by atoms with Crippen molar-refractivity contribution in [1.82, 2.24) is 14.3 Å². The first-order valence-electron chi connectivity index (χ1n) is 7.51. The molecule has 2 aromatic heterocycles. The monoisotopic (exact) mass is 286 g/mol. The van der Waals surface area contributed by atoms with Crippen LogP contribution in [-0.2, 0) is 33.5 Å². The van der Waals surface area contributed by atoms with E-state index in [1.54, 1.807) is 11.6 Å². The number of hydrogen-bond donors (Lipinski definition) is 1. The molecule has 1 aliphatic rings. The molecule has 0 aliphatic heterocycles. The zero-order valence-corrected chi connectivity index (χ0v) is 12.9. The van der Waals surface area contributed by atoms with E-state index in [2.05, 4.69) is 10.4 Å². The molecule has 2 aromatic rings. The highest BCUT2D eigenvalue weighted by Gasteiger charge is 2.19. The third-order valence-corrected chi connectivity index (χ3v) is 4.21. The highest BCUT2D eigenvalue weighted by molar-refractivity contribution is 5.44. The SMILES string of the molecule is Cc1cc(NCc2c3c(nn2C)CCCC3)c(=O)n(C)c1. The summed E-state index contributed by atoms with van der Waals surface area (Å²) in [6.45, 7) is 2.65. The summed E-state index contributed by atoms with van der Waals surface area (Å²) < 4.78 is 3.58. The molecule has 5 nitrogen and oxygen atoms in total. The molecule has 0 radical (unpaired) electrons. The van der Waals surface area contributed by atoms with E-state index in [9.17, 15) is 4.79 Å². The molecule has 0 atom stereocenters. The van der Waals surface area contributed by atoms with E-state index in [1.807, 2.05) is 30.9 Å². The van der Waals surface area contributed by atoms with Gasteiger partial charge in [-0.15, -0.1) is 0 Å². The maximum atomic E-state index is 12.1. The van der Waals surface area contributed by atoms with E-state index < -0.39 is 0 Å². The van der Waals surface area contributed by atoms with Crippen LogP contribution < -0.4 is 10.9 Å². The van der Waals surface area contributed by atoms with Gasteiger partial charge < -0.3 is 9.88 Å². The number of pyridine rings is 1. The number of hydrogen-bond acceptors (Lipinski definition) is 3. The molecule has 0 amide bonds. The van der Waals surface area contributed by atoms with Crippen molar-refractivity contribution in [2.24, 2.45) is 14.1 Å². The van der Waals surface area contributed by atoms with Crippen LogP contribution in [0.5, 0.6) is 0 Å². The summed E-state index contributed by atoms with van der Waals surface area (Å²) in [7, 11) is 3.77. The fraction of sp³-hybridized carbons (Fsp3) is 0.500. The lowest BCUT2D eigenvalue weighted by Gasteiger charge is -2.13. The number of nitrogens with zero attached hydrogens (tertiary/aromatic N) is 3. The van der Waals surface area contributed by atoms with Gasteiger partial charge in [-0.2, -0.15) is 5.10 Å². The van der Waals surface area contributed by atoms with E-state index in [1.165, 1.54) is 29.8 Å². The third-order valence-electron chi connectivity index (χ3n) is 4.21. The number of fused-ring (bicyclic) bond motifs is 1. The van der Waals surface area contributed by atoms with Crippen LogP contribution in [0.3, 0.4) is 0 Å². The van der Waals surface area contributed by atoms with Crippen LogP contribution in [0, 0.1) is 6.92 Å². The van der Waals surface area contributed by atoms with Crippen LogP contribution >= 0.6 is 0 Å². The van der Waals surface area contributed by atoms with Gasteiger partial charge in [0.15, 0.2) is 0 Å². The summed E-state index contributed by atoms with van der Waals surface area (Å²) in [5, 5.41) is 7.91. The minimum atomic E-state index is 0.0108. The molecule has 3 rings (SSSR count). The van der Waals surface area contributed by atoms with Gasteiger partial charge in [-0.1, -0.05) is 0 Å². The first-order valence-corrected chi connectivity index (χ1v) is 7.51. The van der Waals surface area contributed by atoms with Crippen molar-refractivity contribution in [3.8, 4) is 0 Å². The molecule has 21 heavy (non-hydrogen) atoms. The van der Waals surface area contributed by atoms with Gasteiger partial charge in [-0.25, -0.2) is 0 Å². The Labute approximate surface area is 124 Å². The number of rotatable bonds is 3. The molecule has 0 aromatic carbocycles. The Bertz CT molecular complexity index is 727. The van der Waals surface area contributed by atoms with E-state index in [-0.39, 0.29) is 5.56 Å². The maximum Gasteiger partial charge on any atom is 0.273 e. The second-order valence-electron chi connectivity index (χ2n) is 5.90. The third kappa shape index (κ3) is 2.60. The fourth-order valence-corrected chi connectivity index (χ4v) is 3.15. The fourth-order valence-electron chi connectivity index (χ4n) is 3.15. The Morgan fingerprint density at radius 2 is 2.05 bits per heavy atom. The smallest absolute Gasteiger partial charge is 0.273 e. The Morgan fingerprint density at radius 3 is 2.86 bits per heavy atom. The number of anilines is 1. The molecule has 0 saturated heterocycles. The molecule has 2 heterocycles. The number of aryl methyl sites for hydroxylation is 4. The van der Waals surface area contributed by atoms with Crippen LogP contribution in [0.4, 0.5) is 5.69 Å². The van der Waals surface area contributed by atoms with Crippen LogP contribution in [0.1, 0.15) is 35.4 Å². The minimum absolute atomic E-state index is 0.0108. The van der Waals surface area contributed by atoms with Crippen molar-refractivity contribution >= 4 is 5.69 Å². The maximum absolute atomic E-state index is 12.1. The average Bonchev–Trinajstić information content (AvgIpc) is 2.77. The summed E-state index contributed by atoms with van der Waals surface area (Å²) in [6, 6.07) is 1.91. The Balaban J connectivity index is 1.86. The van der Waals surface area contributed by atoms with Gasteiger partial charge in [0, 0.05) is 20.3 Å². The molecule has 0 spiro atoms. The molecule has 0 bridgehead atoms. The van der Waals surface area contributed by atoms with E-state index >= 15 is 0 Å². The largest absolute Gasteiger partial charge is 0.375 e. The van der Waals surface area contributed by atoms with Crippen molar-refractivity contribution in [3.63, 3.8) is 0 Å². The summed E-state index contributed by atoms with van der Waals surface area (Å²) in [5.41, 5.74) is 5.55. The second-order valence-corrected chi connectivity index (χ2v) is 5.90. The van der Waals surface area contributed by atoms with Crippen molar-refractivity contribution in [2.75, 3.05) is 5.32 Å². The summed E-state index contributed by atoms with van der Waals surface area (Å²) in [6.07, 6.45) is 6.49. The highest BCUT2D eigenvalue weighted by Crippen LogP contribution is 2.24. The molecule has 0 saturated carbocycles. The predicted octanol–water partition coefficient (Wildman–Crippen LogP) is 1.92. The lowest BCUT2D eigenvalue weighted by atomic mass is 9.96. The minimum Gasteiger partial charge on any atom is -0.375 e. The Hall–Kier alpha value is -2.04. The Morgan fingerprint density at radius 1 is 1.29 bits per heavy atom. The van der Waals surface area contributed by atoms with E-state index in [0.717, 1.165) is 18.4 Å². The van der Waals surface area contributed by atoms with Crippen LogP contribution in [0.15, 0.2) is 17.1 Å². The zero-order valence-electron chi connectivity index (χ0n) is 12.9. The predicted molar refractivity (Wildman–Crippen MR) is 83.6 cm³/mol. The molecular formula is C16H22N4O. The highest BCUT2D eigenvalue weighted by atomic mass is 16.1. The first kappa shape index (κ1) is 13.9. The van der Waals surface area contributed by atoms with Gasteiger partial charge in [0.05, 0.1) is 17.9 Å². The normalized spacial score (nSPS) is 14.0. The van der Waals surface area contributed by atoms with Gasteiger partial charge in [0.2, 0.25) is 0 Å². The van der Waals surface area contributed by atoms with E-state index in [4.69, 9.17) is 0 Å². The van der Waals surface area contributed by atoms with Gasteiger partial charge in [-0.3, -0.25) is 9.48 Å². The van der Waals surface area contributed by atoms with Crippen molar-refractivity contribution in [1.29, 1.82) is 0 Å². The molecule has 112 valence electrons. The van der Waals surface area contributed by atoms with Crippen LogP contribution in [0.2, 0.25) is 0 Å². The number of aromatic nitrogens is 3. The van der Waals surface area contributed by atoms with Crippen LogP contribution in [-0.4, -0.2) is 14.3 Å². The lowest BCUT2D eigenvalue weighted by molar-refractivity contribution is 0.664. The lowest BCUT2D eigenvalue weighted by Crippen LogP contribution is -2.21. The standard InChI is InChI=1S/C16H22N4O/c1-11-8-14(16(21)19(2)10-11)17-9-15-12-6-4-5-7-13(12)18-20(15)3/h8,10,17H,4-7,9H2,1-3H3. The topological polar surface area (TPSA) is 51.9 Å². The molecule has 0 fully saturated rings. The van der Waals surface area contributed by atoms with Gasteiger partial charge in [0.1, 0.15) is 5.69 Å². The molecule has 1 N–H and O–H groups in total. The molecule has 0 unspecified atom stereocenters. The quantitative estimate of drug-likeness (QED) is 0.938. The van der Waals surface area contributed by atoms with Crippen molar-refractivity contribution in [3.05, 3.63) is 45.1 Å². The summed E-state index contributed by atoms with van der Waals surface area (Å²) in [5.74, 6) is 0. The zero-order chi connectivity index (χ0) is 15.0.